The van der Waals surface area contributed by atoms with Crippen molar-refractivity contribution in [2.75, 3.05) is 44.2 Å². The van der Waals surface area contributed by atoms with Crippen molar-refractivity contribution in [1.82, 2.24) is 83.2 Å². The maximum Gasteiger partial charge on any atom is 0.305 e. The van der Waals surface area contributed by atoms with E-state index in [1.165, 1.54) is 40.5 Å². The lowest BCUT2D eigenvalue weighted by Gasteiger charge is -2.33. The molecule has 0 saturated carbocycles. The summed E-state index contributed by atoms with van der Waals surface area (Å²) in [6.07, 6.45) is 2.48. The van der Waals surface area contributed by atoms with Crippen LogP contribution in [0.4, 0.5) is 0 Å². The van der Waals surface area contributed by atoms with Gasteiger partial charge >= 0.3 is 11.9 Å². The van der Waals surface area contributed by atoms with Crippen LogP contribution in [0.25, 0.3) is 10.9 Å². The van der Waals surface area contributed by atoms with E-state index in [1.807, 2.05) is 0 Å². The van der Waals surface area contributed by atoms with Crippen LogP contribution in [0.15, 0.2) is 61.2 Å². The van der Waals surface area contributed by atoms with Gasteiger partial charge in [0, 0.05) is 92.7 Å². The summed E-state index contributed by atoms with van der Waals surface area (Å²) in [5, 5.41) is 56.2. The predicted octanol–water partition coefficient (Wildman–Crippen LogP) is -2.68. The first-order chi connectivity index (χ1) is 51.5. The molecule has 0 bridgehead atoms. The fraction of sp³-hybridized carbons (Fsp3) is 0.507. The highest BCUT2D eigenvalue weighted by molar-refractivity contribution is 8.76. The van der Waals surface area contributed by atoms with E-state index in [2.05, 4.69) is 73.4 Å². The van der Waals surface area contributed by atoms with E-state index in [-0.39, 0.29) is 111 Å². The summed E-state index contributed by atoms with van der Waals surface area (Å²) in [7, 11) is 1.81. The SMILES string of the molecule is CC(=O)N[C@H]1CSSC[C@@H](C(=O)N2CCC[C@H]2C(=O)N2CCC[C@H]2C(=O)N[C@@H](CCCCN)C(=O)N[C@@H](CC(=O)O)C(N)=O)NC(=O)CNC(=O)[C@H](Cc2c[nH]c3ccccc23)NC(=O)[C@H](CCCNC(=N)N)NC(=O)[C@@H](Cc2ccc(Cl)c(Cl)c2)NC(=O)[C@H](Cc2cnc[nH]2)NC(=O)[C@H](CCC(=O)O)NC1=O. The molecule has 5 heterocycles. The molecule has 7 rings (SSSR count). The molecule has 586 valence electrons. The first-order valence-corrected chi connectivity index (χ1v) is 38.0. The smallest absolute Gasteiger partial charge is 0.305 e. The van der Waals surface area contributed by atoms with Crippen LogP contribution < -0.4 is 75.7 Å². The molecule has 3 fully saturated rings. The fourth-order valence-electron chi connectivity index (χ4n) is 12.4. The van der Waals surface area contributed by atoms with Crippen LogP contribution in [0.2, 0.25) is 10.0 Å². The molecule has 2 aromatic heterocycles. The van der Waals surface area contributed by atoms with E-state index in [0.717, 1.165) is 28.5 Å². The second-order valence-electron chi connectivity index (χ2n) is 26.0. The van der Waals surface area contributed by atoms with Crippen LogP contribution in [-0.2, 0) is 91.2 Å². The largest absolute Gasteiger partial charge is 0.481 e. The first-order valence-electron chi connectivity index (χ1n) is 34.8. The first kappa shape index (κ1) is 85.0. The number of halogens is 2. The number of unbranched alkanes of at least 4 members (excludes halogenated alkanes) is 1. The Morgan fingerprint density at radius 2 is 1.31 bits per heavy atom. The minimum atomic E-state index is -1.73. The number of aliphatic carboxylic acids is 2. The molecule has 108 heavy (non-hydrogen) atoms. The molecular weight excluding hydrogens is 1490 g/mol. The number of aromatic nitrogens is 3. The summed E-state index contributed by atoms with van der Waals surface area (Å²) in [4.78, 5) is 222. The molecule has 3 saturated heterocycles. The minimum Gasteiger partial charge on any atom is -0.481 e. The number of nitrogens with two attached hydrogens (primary N) is 3. The Morgan fingerprint density at radius 3 is 1.95 bits per heavy atom. The second kappa shape index (κ2) is 41.8. The Morgan fingerprint density at radius 1 is 0.685 bits per heavy atom. The average Bonchev–Trinajstić information content (AvgIpc) is 1.63. The molecule has 0 unspecified atom stereocenters. The topological polar surface area (TPSA) is 582 Å². The minimum absolute atomic E-state index is 0.000305. The van der Waals surface area contributed by atoms with Gasteiger partial charge in [0.2, 0.25) is 76.8 Å². The Bertz CT molecular complexity index is 3950. The van der Waals surface area contributed by atoms with Crippen LogP contribution in [-0.4, -0.2) is 240 Å². The van der Waals surface area contributed by atoms with Crippen molar-refractivity contribution in [2.24, 2.45) is 17.2 Å². The third kappa shape index (κ3) is 25.7. The van der Waals surface area contributed by atoms with Gasteiger partial charge in [0.15, 0.2) is 5.96 Å². The van der Waals surface area contributed by atoms with Crippen molar-refractivity contribution in [3.63, 3.8) is 0 Å². The lowest BCUT2D eigenvalue weighted by Crippen LogP contribution is -2.61. The van der Waals surface area contributed by atoms with Crippen LogP contribution in [0.3, 0.4) is 0 Å². The normalized spacial score (nSPS) is 22.3. The van der Waals surface area contributed by atoms with Crippen molar-refractivity contribution in [2.45, 2.75) is 170 Å². The molecule has 13 amide bonds. The van der Waals surface area contributed by atoms with Crippen LogP contribution in [0, 0.1) is 5.41 Å². The van der Waals surface area contributed by atoms with Crippen molar-refractivity contribution < 1.29 is 82.1 Å². The van der Waals surface area contributed by atoms with Gasteiger partial charge in [-0.05, 0) is 100 Å². The number of nitrogens with one attached hydrogen (secondary N) is 14. The highest BCUT2D eigenvalue weighted by atomic mass is 35.5. The molecule has 22 N–H and O–H groups in total. The van der Waals surface area contributed by atoms with E-state index in [4.69, 9.17) is 45.8 Å². The van der Waals surface area contributed by atoms with Crippen molar-refractivity contribution in [3.8, 4) is 0 Å². The number of nitrogens with zero attached hydrogens (tertiary/aromatic N) is 3. The number of amides is 13. The van der Waals surface area contributed by atoms with E-state index in [0.29, 0.717) is 41.3 Å². The van der Waals surface area contributed by atoms with Gasteiger partial charge in [0.1, 0.15) is 66.5 Å². The number of carbonyl (C=O) groups is 15. The van der Waals surface area contributed by atoms with Gasteiger partial charge in [-0.15, -0.1) is 0 Å². The summed E-state index contributed by atoms with van der Waals surface area (Å²) >= 11 is 12.7. The number of H-pyrrole nitrogens is 2. The van der Waals surface area contributed by atoms with Gasteiger partial charge in [-0.3, -0.25) is 77.3 Å². The molecule has 11 atom stereocenters. The standard InChI is InChI=1S/C67H90Cl2N20O17S2/c1-34(90)79-49-31-107-108-32-50(65(105)89-22-8-14-52(89)66(106)88-21-7-13-51(88)64(104)83-42(11-4-5-19-70)58(98)84-45(56(71)96)27-55(94)95)80-53(91)30-77-57(97)47(25-36-28-76-41-10-3-2-9-38(36)41)86-59(99)43(12-6-20-75-67(72)73)81-61(101)46(24-35-15-16-39(68)40(69)23-35)85-62(102)48(26-37-29-74-33-78-37)87-60(100)44(82-63(49)103)17-18-54(92)93/h2-3,9-10,15-16,23,28-29,33,42-52,76H,4-8,11-14,17-22,24-27,30-32,70H2,1H3,(H2,71,96)(H,74,78)(H,77,97)(H,79,90)(H,80,91)(H,81,101)(H,82,103)(H,83,104)(H,84,98)(H,85,102)(H,86,99)(H,87,100)(H,92,93)(H,94,95)(H4,72,73,75)/t42-,43-,44-,45-,46+,47-,48-,49-,50-,51-,52-/m0/s1. The second-order valence-corrected chi connectivity index (χ2v) is 29.3. The zero-order valence-corrected chi connectivity index (χ0v) is 62.0. The van der Waals surface area contributed by atoms with E-state index < -0.39 is 187 Å². The number of para-hydroxylation sites is 1. The molecule has 37 nitrogen and oxygen atoms in total. The molecule has 2 aromatic carbocycles. The predicted molar refractivity (Wildman–Crippen MR) is 395 cm³/mol. The summed E-state index contributed by atoms with van der Waals surface area (Å²) in [5.41, 5.74) is 18.5. The Labute approximate surface area is 637 Å². The Balaban J connectivity index is 1.24. The van der Waals surface area contributed by atoms with Gasteiger partial charge < -0.3 is 106 Å². The fourth-order valence-corrected chi connectivity index (χ4v) is 15.1. The van der Waals surface area contributed by atoms with Crippen LogP contribution in [0.5, 0.6) is 0 Å². The number of likely N-dealkylation sites (tertiary alicyclic amines) is 2. The van der Waals surface area contributed by atoms with Gasteiger partial charge in [-0.2, -0.15) is 0 Å². The molecular formula is C67H90Cl2N20O17S2. The monoisotopic (exact) mass is 1580 g/mol. The number of benzene rings is 2. The zero-order valence-electron chi connectivity index (χ0n) is 58.8. The lowest BCUT2D eigenvalue weighted by molar-refractivity contribution is -0.148. The van der Waals surface area contributed by atoms with Gasteiger partial charge in [0.05, 0.1) is 29.3 Å². The van der Waals surface area contributed by atoms with Crippen molar-refractivity contribution >= 4 is 150 Å². The van der Waals surface area contributed by atoms with Crippen molar-refractivity contribution in [3.05, 3.63) is 88.1 Å². The van der Waals surface area contributed by atoms with E-state index >= 15 is 14.4 Å². The molecule has 3 aliphatic rings. The van der Waals surface area contributed by atoms with E-state index in [1.54, 1.807) is 30.5 Å². The summed E-state index contributed by atoms with van der Waals surface area (Å²) < 4.78 is 0. The van der Waals surface area contributed by atoms with Crippen LogP contribution >= 0.6 is 44.8 Å². The number of hydrogen-bond acceptors (Lipinski definition) is 20. The average molecular weight is 1580 g/mol. The highest BCUT2D eigenvalue weighted by Crippen LogP contribution is 2.30. The highest BCUT2D eigenvalue weighted by Gasteiger charge is 2.45. The number of hydrogen-bond donors (Lipinski definition) is 19. The molecule has 0 spiro atoms. The number of imidazole rings is 1. The number of carboxylic acids is 2. The molecule has 41 heteroatoms. The number of carboxylic acid groups (broad SMARTS) is 2. The third-order valence-corrected chi connectivity index (χ3v) is 21.0. The lowest BCUT2D eigenvalue weighted by atomic mass is 10.0. The third-order valence-electron chi connectivity index (χ3n) is 17.9. The van der Waals surface area contributed by atoms with E-state index in [9.17, 15) is 67.7 Å². The number of guanidine groups is 1. The quantitative estimate of drug-likeness (QED) is 0.0125. The number of aromatic amines is 2. The number of fused-ring (bicyclic) bond motifs is 1. The van der Waals surface area contributed by atoms with Crippen molar-refractivity contribution in [1.29, 1.82) is 5.41 Å². The number of primary amides is 1. The number of carbonyl (C=O) groups excluding carboxylic acids is 13. The Hall–Kier alpha value is -10.2. The maximum absolute atomic E-state index is 15.2. The Kier molecular flexibility index (Phi) is 32.9. The molecule has 0 radical (unpaired) electrons. The summed E-state index contributed by atoms with van der Waals surface area (Å²) in [5.74, 6) is -15.9. The molecule has 4 aromatic rings. The van der Waals surface area contributed by atoms with Gasteiger partial charge in [-0.1, -0.05) is 69.1 Å². The number of rotatable bonds is 27. The molecule has 0 aliphatic carbocycles. The zero-order chi connectivity index (χ0) is 78.7. The molecule has 3 aliphatic heterocycles. The summed E-state index contributed by atoms with van der Waals surface area (Å²) in [6, 6.07) is -5.13. The van der Waals surface area contributed by atoms with Crippen LogP contribution in [0.1, 0.15) is 101 Å². The van der Waals surface area contributed by atoms with Gasteiger partial charge in [-0.25, -0.2) is 4.98 Å². The summed E-state index contributed by atoms with van der Waals surface area (Å²) in [6.45, 7) is 0.458. The maximum atomic E-state index is 15.2. The van der Waals surface area contributed by atoms with Gasteiger partial charge in [0.25, 0.3) is 0 Å².